The number of hydrogen-bond acceptors (Lipinski definition) is 3. The third-order valence-corrected chi connectivity index (χ3v) is 4.03. The maximum atomic E-state index is 11.5. The van der Waals surface area contributed by atoms with Crippen molar-refractivity contribution in [3.8, 4) is 0 Å². The molecule has 1 amide bonds. The molecule has 19 heavy (non-hydrogen) atoms. The lowest BCUT2D eigenvalue weighted by atomic mass is 10.2. The van der Waals surface area contributed by atoms with Gasteiger partial charge in [0.15, 0.2) is 0 Å². The van der Waals surface area contributed by atoms with E-state index in [4.69, 9.17) is 11.6 Å². The molecule has 100 valence electrons. The highest BCUT2D eigenvalue weighted by atomic mass is 35.5. The Kier molecular flexibility index (Phi) is 4.66. The maximum Gasteiger partial charge on any atom is 0.232 e. The van der Waals surface area contributed by atoms with E-state index < -0.39 is 0 Å². The molecule has 1 heterocycles. The number of para-hydroxylation sites is 1. The van der Waals surface area contributed by atoms with Gasteiger partial charge < -0.3 is 4.90 Å². The van der Waals surface area contributed by atoms with Gasteiger partial charge in [-0.05, 0) is 12.1 Å². The van der Waals surface area contributed by atoms with Gasteiger partial charge in [0.1, 0.15) is 5.15 Å². The van der Waals surface area contributed by atoms with E-state index in [0.717, 1.165) is 16.5 Å². The van der Waals surface area contributed by atoms with E-state index in [1.807, 2.05) is 30.3 Å². The number of hydrogen-bond donors (Lipinski definition) is 0. The number of carbonyl (C=O) groups excluding carboxylic acids is 1. The van der Waals surface area contributed by atoms with Crippen LogP contribution in [0.3, 0.4) is 0 Å². The zero-order valence-electron chi connectivity index (χ0n) is 10.9. The van der Waals surface area contributed by atoms with Crippen LogP contribution < -0.4 is 0 Å². The van der Waals surface area contributed by atoms with Crippen LogP contribution in [-0.4, -0.2) is 35.6 Å². The molecule has 0 aliphatic heterocycles. The van der Waals surface area contributed by atoms with Crippen LogP contribution in [0, 0.1) is 0 Å². The molecule has 0 radical (unpaired) electrons. The summed E-state index contributed by atoms with van der Waals surface area (Å²) in [5, 5.41) is 1.59. The first-order valence-corrected chi connectivity index (χ1v) is 7.43. The summed E-state index contributed by atoms with van der Waals surface area (Å²) in [7, 11) is 3.51. The van der Waals surface area contributed by atoms with Gasteiger partial charge in [-0.1, -0.05) is 29.8 Å². The van der Waals surface area contributed by atoms with E-state index >= 15 is 0 Å². The maximum absolute atomic E-state index is 11.5. The summed E-state index contributed by atoms with van der Waals surface area (Å²) in [4.78, 5) is 17.4. The number of rotatable bonds is 4. The number of halogens is 1. The van der Waals surface area contributed by atoms with Crippen molar-refractivity contribution >= 4 is 40.2 Å². The van der Waals surface area contributed by atoms with Crippen LogP contribution >= 0.6 is 23.4 Å². The summed E-state index contributed by atoms with van der Waals surface area (Å²) in [6, 6.07) is 9.91. The Hall–Kier alpha value is -1.26. The summed E-state index contributed by atoms with van der Waals surface area (Å²) < 4.78 is 0. The molecule has 0 aliphatic carbocycles. The Morgan fingerprint density at radius 2 is 2.11 bits per heavy atom. The monoisotopic (exact) mass is 294 g/mol. The smallest absolute Gasteiger partial charge is 0.232 e. The number of thioether (sulfide) groups is 1. The van der Waals surface area contributed by atoms with Gasteiger partial charge in [-0.2, -0.15) is 0 Å². The van der Waals surface area contributed by atoms with Crippen molar-refractivity contribution < 1.29 is 4.79 Å². The SMILES string of the molecule is CN(C)C(=O)CSCc1cc2ccccc2nc1Cl. The zero-order valence-corrected chi connectivity index (χ0v) is 12.5. The van der Waals surface area contributed by atoms with Crippen LogP contribution in [0.4, 0.5) is 0 Å². The van der Waals surface area contributed by atoms with Crippen LogP contribution in [0.2, 0.25) is 5.15 Å². The summed E-state index contributed by atoms with van der Waals surface area (Å²) in [6.45, 7) is 0. The molecule has 0 saturated carbocycles. The largest absolute Gasteiger partial charge is 0.348 e. The lowest BCUT2D eigenvalue weighted by Gasteiger charge is -2.10. The number of pyridine rings is 1. The molecule has 0 atom stereocenters. The second-order valence-electron chi connectivity index (χ2n) is 4.41. The number of carbonyl (C=O) groups is 1. The van der Waals surface area contributed by atoms with E-state index in [-0.39, 0.29) is 5.91 Å². The van der Waals surface area contributed by atoms with Crippen molar-refractivity contribution in [3.63, 3.8) is 0 Å². The normalized spacial score (nSPS) is 10.7. The van der Waals surface area contributed by atoms with Gasteiger partial charge in [0.05, 0.1) is 11.3 Å². The highest BCUT2D eigenvalue weighted by Gasteiger charge is 2.08. The van der Waals surface area contributed by atoms with Gasteiger partial charge in [-0.25, -0.2) is 4.98 Å². The molecule has 0 bridgehead atoms. The standard InChI is InChI=1S/C14H15ClN2OS/c1-17(2)13(18)9-19-8-11-7-10-5-3-4-6-12(10)16-14(11)15/h3-7H,8-9H2,1-2H3. The van der Waals surface area contributed by atoms with E-state index in [9.17, 15) is 4.79 Å². The van der Waals surface area contributed by atoms with Crippen molar-refractivity contribution in [2.75, 3.05) is 19.8 Å². The van der Waals surface area contributed by atoms with Crippen molar-refractivity contribution in [3.05, 3.63) is 41.0 Å². The molecule has 3 nitrogen and oxygen atoms in total. The lowest BCUT2D eigenvalue weighted by molar-refractivity contribution is -0.125. The fourth-order valence-electron chi connectivity index (χ4n) is 1.61. The number of amides is 1. The second-order valence-corrected chi connectivity index (χ2v) is 5.76. The quantitative estimate of drug-likeness (QED) is 0.812. The first kappa shape index (κ1) is 14.2. The Bertz CT molecular complexity index is 601. The predicted octanol–water partition coefficient (Wildman–Crippen LogP) is 3.21. The van der Waals surface area contributed by atoms with Crippen molar-refractivity contribution in [1.82, 2.24) is 9.88 Å². The lowest BCUT2D eigenvalue weighted by Crippen LogP contribution is -2.23. The minimum atomic E-state index is 0.106. The van der Waals surface area contributed by atoms with Gasteiger partial charge in [0.2, 0.25) is 5.91 Å². The number of aromatic nitrogens is 1. The van der Waals surface area contributed by atoms with Gasteiger partial charge in [0, 0.05) is 30.8 Å². The molecule has 5 heteroatoms. The fraction of sp³-hybridized carbons (Fsp3) is 0.286. The molecule has 1 aromatic carbocycles. The number of nitrogens with zero attached hydrogens (tertiary/aromatic N) is 2. The number of fused-ring (bicyclic) bond motifs is 1. The minimum Gasteiger partial charge on any atom is -0.348 e. The third kappa shape index (κ3) is 3.61. The van der Waals surface area contributed by atoms with E-state index in [1.165, 1.54) is 0 Å². The Balaban J connectivity index is 2.08. The molecule has 0 unspecified atom stereocenters. The average Bonchev–Trinajstić information content (AvgIpc) is 2.39. The molecule has 0 N–H and O–H groups in total. The van der Waals surface area contributed by atoms with Crippen molar-refractivity contribution in [2.24, 2.45) is 0 Å². The zero-order chi connectivity index (χ0) is 13.8. The molecule has 0 spiro atoms. The van der Waals surface area contributed by atoms with Gasteiger partial charge in [-0.3, -0.25) is 4.79 Å². The second kappa shape index (κ2) is 6.26. The van der Waals surface area contributed by atoms with Crippen LogP contribution in [0.1, 0.15) is 5.56 Å². The summed E-state index contributed by atoms with van der Waals surface area (Å²) in [5.74, 6) is 1.25. The van der Waals surface area contributed by atoms with Crippen molar-refractivity contribution in [1.29, 1.82) is 0 Å². The van der Waals surface area contributed by atoms with Gasteiger partial charge in [-0.15, -0.1) is 11.8 Å². The minimum absolute atomic E-state index is 0.106. The first-order chi connectivity index (χ1) is 9.08. The molecule has 0 saturated heterocycles. The van der Waals surface area contributed by atoms with Crippen LogP contribution in [0.15, 0.2) is 30.3 Å². The topological polar surface area (TPSA) is 33.2 Å². The molecule has 0 fully saturated rings. The van der Waals surface area contributed by atoms with E-state index in [2.05, 4.69) is 4.98 Å². The summed E-state index contributed by atoms with van der Waals surface area (Å²) >= 11 is 7.71. The highest BCUT2D eigenvalue weighted by molar-refractivity contribution is 7.99. The van der Waals surface area contributed by atoms with Gasteiger partial charge in [0.25, 0.3) is 0 Å². The fourth-order valence-corrected chi connectivity index (χ4v) is 2.88. The summed E-state index contributed by atoms with van der Waals surface area (Å²) in [6.07, 6.45) is 0. The molecule has 1 aromatic heterocycles. The highest BCUT2D eigenvalue weighted by Crippen LogP contribution is 2.24. The van der Waals surface area contributed by atoms with Gasteiger partial charge >= 0.3 is 0 Å². The molecule has 2 aromatic rings. The Morgan fingerprint density at radius 1 is 1.37 bits per heavy atom. The van der Waals surface area contributed by atoms with E-state index in [0.29, 0.717) is 16.7 Å². The molecule has 2 rings (SSSR count). The number of benzene rings is 1. The molecule has 0 aliphatic rings. The third-order valence-electron chi connectivity index (χ3n) is 2.73. The Labute approximate surface area is 122 Å². The predicted molar refractivity (Wildman–Crippen MR) is 81.6 cm³/mol. The first-order valence-electron chi connectivity index (χ1n) is 5.90. The van der Waals surface area contributed by atoms with Crippen LogP contribution in [-0.2, 0) is 10.5 Å². The van der Waals surface area contributed by atoms with Crippen molar-refractivity contribution in [2.45, 2.75) is 5.75 Å². The molecular formula is C14H15ClN2OS. The molecular weight excluding hydrogens is 280 g/mol. The van der Waals surface area contributed by atoms with E-state index in [1.54, 1.807) is 30.8 Å². The van der Waals surface area contributed by atoms with Crippen LogP contribution in [0.5, 0.6) is 0 Å². The average molecular weight is 295 g/mol. The summed E-state index contributed by atoms with van der Waals surface area (Å²) in [5.41, 5.74) is 1.86. The van der Waals surface area contributed by atoms with Crippen LogP contribution in [0.25, 0.3) is 10.9 Å². The Morgan fingerprint density at radius 3 is 2.84 bits per heavy atom.